The van der Waals surface area contributed by atoms with Crippen LogP contribution in [0.3, 0.4) is 0 Å². The van der Waals surface area contributed by atoms with Crippen LogP contribution in [0.1, 0.15) is 135 Å². The number of nitrogens with zero attached hydrogens (tertiary/aromatic N) is 3. The summed E-state index contributed by atoms with van der Waals surface area (Å²) in [4.78, 5) is 60.2. The second-order valence-corrected chi connectivity index (χ2v) is 21.1. The second-order valence-electron chi connectivity index (χ2n) is 19.9. The number of amides is 1. The molecule has 2 saturated heterocycles. The van der Waals surface area contributed by atoms with E-state index in [-0.39, 0.29) is 66.7 Å². The number of phenolic OH excluding ortho intramolecular Hbond substituents is 1. The number of unbranched alkanes of at least 4 members (excludes halogenated alkanes) is 4. The van der Waals surface area contributed by atoms with Gasteiger partial charge >= 0.3 is 24.0 Å². The molecule has 18 heteroatoms. The largest absolute Gasteiger partial charge is 0.504 e. The van der Waals surface area contributed by atoms with Gasteiger partial charge in [0, 0.05) is 47.9 Å². The highest BCUT2D eigenvalue weighted by molar-refractivity contribution is 7.99. The molecule has 2 fully saturated rings. The minimum absolute atomic E-state index is 0.000854. The summed E-state index contributed by atoms with van der Waals surface area (Å²) in [5.41, 5.74) is 2.25. The zero-order chi connectivity index (χ0) is 50.0. The van der Waals surface area contributed by atoms with Gasteiger partial charge in [-0.1, -0.05) is 38.7 Å². The molecule has 1 unspecified atom stereocenters. The molecule has 0 saturated carbocycles. The predicted molar refractivity (Wildman–Crippen MR) is 256 cm³/mol. The van der Waals surface area contributed by atoms with Crippen molar-refractivity contribution in [3.05, 3.63) is 62.7 Å². The standard InChI is InChI=1S/C52H62N4O13S/c1-10-11-12-13-14-15-37(58)68-36-20-29-16-17-54-52(31(29)21-35(36)62-8)24-70-48-40-39(47-46(65-25-66-47)27(3)45(40)67-28(4)57)34(23-64-49(52)60)55-33(22-53)32-19-30-18-26(2)44(63-9)43(59)38(30)41(42(48)55)56(32)50(61)69-51(5,6)7/h18,20-21,32-34,41-42,48,54,59H,10-17,19,23-25H2,1-9H3/t32-,33+,34-,41-,42?,48-,52-/m1/s1. The van der Waals surface area contributed by atoms with Crippen LogP contribution in [0, 0.1) is 25.2 Å². The van der Waals surface area contributed by atoms with E-state index in [0.29, 0.717) is 64.3 Å². The Morgan fingerprint density at radius 2 is 1.71 bits per heavy atom. The van der Waals surface area contributed by atoms with E-state index in [1.807, 2.05) is 17.9 Å². The topological polar surface area (TPSA) is 205 Å². The van der Waals surface area contributed by atoms with Crippen molar-refractivity contribution in [1.82, 2.24) is 15.1 Å². The number of carbonyl (C=O) groups excluding carboxylic acids is 4. The lowest BCUT2D eigenvalue weighted by Crippen LogP contribution is -2.71. The maximum atomic E-state index is 15.3. The van der Waals surface area contributed by atoms with Crippen molar-refractivity contribution < 1.29 is 62.2 Å². The number of methoxy groups -OCH3 is 2. The molecule has 10 rings (SSSR count). The van der Waals surface area contributed by atoms with Crippen LogP contribution in [-0.4, -0.2) is 103 Å². The fourth-order valence-electron chi connectivity index (χ4n) is 11.6. The van der Waals surface area contributed by atoms with Crippen LogP contribution in [-0.2, 0) is 42.2 Å². The second kappa shape index (κ2) is 19.0. The molecule has 0 aromatic heterocycles. The summed E-state index contributed by atoms with van der Waals surface area (Å²) < 4.78 is 48.9. The smallest absolute Gasteiger partial charge is 0.411 e. The number of nitrogens with one attached hydrogen (secondary N) is 1. The van der Waals surface area contributed by atoms with Gasteiger partial charge in [-0.15, -0.1) is 11.8 Å². The van der Waals surface area contributed by atoms with Crippen molar-refractivity contribution >= 4 is 35.8 Å². The predicted octanol–water partition coefficient (Wildman–Crippen LogP) is 7.85. The van der Waals surface area contributed by atoms with Gasteiger partial charge in [-0.3, -0.25) is 24.7 Å². The number of phenols is 1. The third-order valence-electron chi connectivity index (χ3n) is 14.4. The minimum Gasteiger partial charge on any atom is -0.504 e. The average molecular weight is 983 g/mol. The third-order valence-corrected chi connectivity index (χ3v) is 15.9. The monoisotopic (exact) mass is 982 g/mol. The fraction of sp³-hybridized carbons (Fsp3) is 0.558. The lowest BCUT2D eigenvalue weighted by atomic mass is 9.71. The van der Waals surface area contributed by atoms with Crippen LogP contribution in [0.5, 0.6) is 40.2 Å². The molecule has 7 aliphatic heterocycles. The first kappa shape index (κ1) is 49.1. The molecule has 7 atom stereocenters. The van der Waals surface area contributed by atoms with E-state index in [4.69, 9.17) is 37.9 Å². The summed E-state index contributed by atoms with van der Waals surface area (Å²) >= 11 is 1.35. The first-order valence-corrected chi connectivity index (χ1v) is 25.2. The number of rotatable bonds is 10. The van der Waals surface area contributed by atoms with Gasteiger partial charge in [0.05, 0.1) is 49.7 Å². The number of ether oxygens (including phenoxy) is 8. The van der Waals surface area contributed by atoms with Gasteiger partial charge in [-0.05, 0) is 88.3 Å². The number of fused-ring (bicyclic) bond motifs is 9. The van der Waals surface area contributed by atoms with Crippen LogP contribution in [0.2, 0.25) is 0 Å². The minimum atomic E-state index is -1.52. The lowest BCUT2D eigenvalue weighted by Gasteiger charge is -2.62. The Labute approximate surface area is 412 Å². The Bertz CT molecular complexity index is 2680. The normalized spacial score (nSPS) is 25.1. The zero-order valence-electron chi connectivity index (χ0n) is 41.3. The highest BCUT2D eigenvalue weighted by Gasteiger charge is 2.64. The number of nitriles is 1. The van der Waals surface area contributed by atoms with Crippen LogP contribution < -0.4 is 33.7 Å². The average Bonchev–Trinajstić information content (AvgIpc) is 3.80. The molecule has 1 spiro atoms. The number of piperazine rings is 1. The van der Waals surface area contributed by atoms with Crippen molar-refractivity contribution in [2.75, 3.05) is 39.9 Å². The van der Waals surface area contributed by atoms with E-state index < -0.39 is 64.6 Å². The molecule has 0 aliphatic carbocycles. The molecule has 4 bridgehead atoms. The van der Waals surface area contributed by atoms with Gasteiger partial charge in [-0.2, -0.15) is 5.26 Å². The molecule has 0 radical (unpaired) electrons. The van der Waals surface area contributed by atoms with Crippen molar-refractivity contribution in [3.63, 3.8) is 0 Å². The first-order valence-electron chi connectivity index (χ1n) is 24.2. The van der Waals surface area contributed by atoms with Crippen molar-refractivity contribution in [2.45, 2.75) is 146 Å². The van der Waals surface area contributed by atoms with E-state index in [2.05, 4.69) is 18.3 Å². The van der Waals surface area contributed by atoms with E-state index in [9.17, 15) is 24.8 Å². The number of hydrogen-bond acceptors (Lipinski definition) is 17. The number of thioether (sulfide) groups is 1. The molecule has 3 aromatic rings. The highest BCUT2D eigenvalue weighted by atomic mass is 32.2. The van der Waals surface area contributed by atoms with E-state index >= 15 is 4.79 Å². The first-order chi connectivity index (χ1) is 33.5. The number of benzene rings is 3. The van der Waals surface area contributed by atoms with Gasteiger partial charge in [0.25, 0.3) is 0 Å². The van der Waals surface area contributed by atoms with Gasteiger partial charge in [0.2, 0.25) is 6.79 Å². The molecule has 374 valence electrons. The van der Waals surface area contributed by atoms with Gasteiger partial charge < -0.3 is 43.0 Å². The summed E-state index contributed by atoms with van der Waals surface area (Å²) in [5.74, 6) is -0.0312. The lowest BCUT2D eigenvalue weighted by molar-refractivity contribution is -0.157. The summed E-state index contributed by atoms with van der Waals surface area (Å²) in [7, 11) is 2.95. The molecule has 70 heavy (non-hydrogen) atoms. The van der Waals surface area contributed by atoms with E-state index in [0.717, 1.165) is 36.8 Å². The zero-order valence-corrected chi connectivity index (χ0v) is 42.1. The summed E-state index contributed by atoms with van der Waals surface area (Å²) in [6, 6.07) is 3.30. The highest BCUT2D eigenvalue weighted by Crippen LogP contribution is 2.65. The number of esters is 3. The van der Waals surface area contributed by atoms with Crippen LogP contribution in [0.4, 0.5) is 4.79 Å². The SMILES string of the molecule is CCCCCCCC(=O)Oc1cc2c(cc1OC)[C@@]1(CS[C@@H]3c4c(OC(C)=O)c(C)c5c(c4[C@@H](COC1=O)N1C3[C@H]3c4c(cc(C)c(OC)c4O)C[C@H]([C@@H]1C#N)N3C(=O)OC(C)(C)C)OCO5)NCC2. The molecule has 7 aliphatic rings. The molecule has 17 nitrogen and oxygen atoms in total. The Balaban J connectivity index is 1.25. The molecule has 3 aromatic carbocycles. The Hall–Kier alpha value is -5.90. The third kappa shape index (κ3) is 8.20. The number of hydrogen-bond donors (Lipinski definition) is 2. The fourth-order valence-corrected chi connectivity index (χ4v) is 13.3. The number of aromatic hydroxyl groups is 1. The van der Waals surface area contributed by atoms with Crippen LogP contribution in [0.15, 0.2) is 18.2 Å². The summed E-state index contributed by atoms with van der Waals surface area (Å²) in [6.45, 7) is 12.3. The van der Waals surface area contributed by atoms with Crippen molar-refractivity contribution in [3.8, 4) is 46.3 Å². The van der Waals surface area contributed by atoms with E-state index in [1.54, 1.807) is 44.7 Å². The van der Waals surface area contributed by atoms with Gasteiger partial charge in [0.1, 0.15) is 24.0 Å². The van der Waals surface area contributed by atoms with Gasteiger partial charge in [0.15, 0.2) is 40.0 Å². The number of aryl methyl sites for hydroxylation is 1. The van der Waals surface area contributed by atoms with Crippen LogP contribution in [0.25, 0.3) is 0 Å². The maximum Gasteiger partial charge on any atom is 0.411 e. The van der Waals surface area contributed by atoms with Crippen LogP contribution >= 0.6 is 11.8 Å². The van der Waals surface area contributed by atoms with Crippen molar-refractivity contribution in [2.24, 2.45) is 0 Å². The van der Waals surface area contributed by atoms with E-state index in [1.165, 1.54) is 32.9 Å². The van der Waals surface area contributed by atoms with Gasteiger partial charge in [-0.25, -0.2) is 9.59 Å². The molecule has 1 amide bonds. The maximum absolute atomic E-state index is 15.3. The number of carbonyl (C=O) groups is 4. The quantitative estimate of drug-likeness (QED) is 0.113. The molecular weight excluding hydrogens is 921 g/mol. The Morgan fingerprint density at radius 3 is 2.41 bits per heavy atom. The van der Waals surface area contributed by atoms with Crippen molar-refractivity contribution in [1.29, 1.82) is 5.26 Å². The molecule has 2 N–H and O–H groups in total. The molecular formula is C52H62N4O13S. The Kier molecular flexibility index (Phi) is 13.3. The molecule has 7 heterocycles. The Morgan fingerprint density at radius 1 is 0.957 bits per heavy atom. The summed E-state index contributed by atoms with van der Waals surface area (Å²) in [6.07, 6.45) is 5.11. The summed E-state index contributed by atoms with van der Waals surface area (Å²) in [5, 5.41) is 26.6.